The normalized spacial score (nSPS) is 15.4. The van der Waals surface area contributed by atoms with Crippen molar-refractivity contribution >= 4 is 23.4 Å². The van der Waals surface area contributed by atoms with Gasteiger partial charge >= 0.3 is 5.97 Å². The molecular formula is C25H24N2O6S. The molecule has 34 heavy (non-hydrogen) atoms. The maximum atomic E-state index is 13.7. The zero-order valence-corrected chi connectivity index (χ0v) is 20.3. The first kappa shape index (κ1) is 23.3. The highest BCUT2D eigenvalue weighted by atomic mass is 32.1. The van der Waals surface area contributed by atoms with Gasteiger partial charge in [-0.15, -0.1) is 0 Å². The third-order valence-corrected chi connectivity index (χ3v) is 6.56. The first-order valence-electron chi connectivity index (χ1n) is 10.4. The zero-order chi connectivity index (χ0) is 24.4. The molecule has 4 rings (SSSR count). The SMILES string of the molecule is COC(=O)C1=C(C)N=c2s/c(=C/c3ccccc3OC)c(=O)n2[C@H]1c1ccc(OC)c(OC)c1. The maximum absolute atomic E-state index is 13.7. The van der Waals surface area contributed by atoms with Crippen LogP contribution in [0.2, 0.25) is 0 Å². The van der Waals surface area contributed by atoms with Gasteiger partial charge in [0.15, 0.2) is 16.3 Å². The molecule has 1 aromatic heterocycles. The number of carbonyl (C=O) groups is 1. The van der Waals surface area contributed by atoms with Crippen molar-refractivity contribution in [3.05, 3.63) is 84.5 Å². The minimum Gasteiger partial charge on any atom is -0.496 e. The number of allylic oxidation sites excluding steroid dienone is 1. The van der Waals surface area contributed by atoms with Crippen LogP contribution in [0.3, 0.4) is 0 Å². The van der Waals surface area contributed by atoms with Gasteiger partial charge in [-0.05, 0) is 36.8 Å². The fourth-order valence-electron chi connectivity index (χ4n) is 3.96. The van der Waals surface area contributed by atoms with Crippen molar-refractivity contribution in [3.63, 3.8) is 0 Å². The Hall–Kier alpha value is -3.85. The summed E-state index contributed by atoms with van der Waals surface area (Å²) < 4.78 is 23.3. The molecule has 1 atom stereocenters. The molecule has 0 radical (unpaired) electrons. The van der Waals surface area contributed by atoms with E-state index < -0.39 is 12.0 Å². The van der Waals surface area contributed by atoms with Crippen LogP contribution in [-0.4, -0.2) is 39.0 Å². The van der Waals surface area contributed by atoms with Crippen molar-refractivity contribution in [2.75, 3.05) is 28.4 Å². The quantitative estimate of drug-likeness (QED) is 0.504. The summed E-state index contributed by atoms with van der Waals surface area (Å²) in [5, 5.41) is 0. The fraction of sp³-hybridized carbons (Fsp3) is 0.240. The van der Waals surface area contributed by atoms with Gasteiger partial charge in [-0.3, -0.25) is 9.36 Å². The monoisotopic (exact) mass is 480 g/mol. The molecule has 0 unspecified atom stereocenters. The molecule has 176 valence electrons. The number of esters is 1. The Bertz CT molecular complexity index is 1470. The molecule has 3 aromatic rings. The van der Waals surface area contributed by atoms with Crippen molar-refractivity contribution in [1.82, 2.24) is 4.57 Å². The van der Waals surface area contributed by atoms with E-state index in [0.29, 0.717) is 37.8 Å². The van der Waals surface area contributed by atoms with E-state index in [1.807, 2.05) is 24.3 Å². The molecule has 0 N–H and O–H groups in total. The highest BCUT2D eigenvalue weighted by molar-refractivity contribution is 7.07. The van der Waals surface area contributed by atoms with Crippen molar-refractivity contribution in [3.8, 4) is 17.2 Å². The van der Waals surface area contributed by atoms with Crippen molar-refractivity contribution < 1.29 is 23.7 Å². The molecule has 2 heterocycles. The van der Waals surface area contributed by atoms with Crippen LogP contribution in [0.4, 0.5) is 0 Å². The highest BCUT2D eigenvalue weighted by Crippen LogP contribution is 2.36. The standard InChI is InChI=1S/C25H24N2O6S/c1-14-21(24(29)33-5)22(16-10-11-18(31-3)19(12-16)32-4)27-23(28)20(34-25(27)26-14)13-15-8-6-7-9-17(15)30-2/h6-13,22H,1-5H3/b20-13+/t22-/m0/s1. The highest BCUT2D eigenvalue weighted by Gasteiger charge is 2.33. The molecule has 9 heteroatoms. The largest absolute Gasteiger partial charge is 0.496 e. The third kappa shape index (κ3) is 3.99. The van der Waals surface area contributed by atoms with Gasteiger partial charge in [0.2, 0.25) is 0 Å². The van der Waals surface area contributed by atoms with Crippen molar-refractivity contribution in [2.24, 2.45) is 4.99 Å². The first-order chi connectivity index (χ1) is 16.4. The number of fused-ring (bicyclic) bond motifs is 1. The minimum absolute atomic E-state index is 0.275. The molecule has 0 bridgehead atoms. The molecule has 0 amide bonds. The van der Waals surface area contributed by atoms with Crippen LogP contribution in [0.5, 0.6) is 17.2 Å². The van der Waals surface area contributed by atoms with Gasteiger partial charge in [-0.2, -0.15) is 0 Å². The van der Waals surface area contributed by atoms with Gasteiger partial charge in [0.05, 0.1) is 50.3 Å². The van der Waals surface area contributed by atoms with Crippen LogP contribution >= 0.6 is 11.3 Å². The van der Waals surface area contributed by atoms with Gasteiger partial charge in [-0.25, -0.2) is 9.79 Å². The smallest absolute Gasteiger partial charge is 0.338 e. The van der Waals surface area contributed by atoms with E-state index in [1.165, 1.54) is 30.1 Å². The maximum Gasteiger partial charge on any atom is 0.338 e. The zero-order valence-electron chi connectivity index (χ0n) is 19.4. The van der Waals surface area contributed by atoms with Crippen LogP contribution < -0.4 is 29.1 Å². The number of hydrogen-bond acceptors (Lipinski definition) is 8. The van der Waals surface area contributed by atoms with E-state index >= 15 is 0 Å². The molecule has 8 nitrogen and oxygen atoms in total. The number of benzene rings is 2. The lowest BCUT2D eigenvalue weighted by Crippen LogP contribution is -2.39. The van der Waals surface area contributed by atoms with Gasteiger partial charge in [0.1, 0.15) is 5.75 Å². The summed E-state index contributed by atoms with van der Waals surface area (Å²) in [4.78, 5) is 31.5. The van der Waals surface area contributed by atoms with Crippen LogP contribution in [-0.2, 0) is 9.53 Å². The number of aromatic nitrogens is 1. The lowest BCUT2D eigenvalue weighted by molar-refractivity contribution is -0.136. The predicted molar refractivity (Wildman–Crippen MR) is 128 cm³/mol. The third-order valence-electron chi connectivity index (χ3n) is 5.58. The summed E-state index contributed by atoms with van der Waals surface area (Å²) in [6.07, 6.45) is 1.77. The Morgan fingerprint density at radius 3 is 2.38 bits per heavy atom. The molecular weight excluding hydrogens is 456 g/mol. The van der Waals surface area contributed by atoms with Crippen LogP contribution in [0.15, 0.2) is 63.5 Å². The number of thiazole rings is 1. The molecule has 1 aliphatic heterocycles. The lowest BCUT2D eigenvalue weighted by atomic mass is 9.95. The summed E-state index contributed by atoms with van der Waals surface area (Å²) in [5.74, 6) is 1.11. The average molecular weight is 481 g/mol. The molecule has 0 saturated heterocycles. The van der Waals surface area contributed by atoms with Crippen molar-refractivity contribution in [2.45, 2.75) is 13.0 Å². The summed E-state index contributed by atoms with van der Waals surface area (Å²) in [6.45, 7) is 1.73. The summed E-state index contributed by atoms with van der Waals surface area (Å²) in [6, 6.07) is 12.0. The second-order valence-electron chi connectivity index (χ2n) is 7.43. The Balaban J connectivity index is 1.99. The number of hydrogen-bond donors (Lipinski definition) is 0. The molecule has 2 aromatic carbocycles. The summed E-state index contributed by atoms with van der Waals surface area (Å²) >= 11 is 1.25. The number of rotatable bonds is 6. The molecule has 1 aliphatic rings. The van der Waals surface area contributed by atoms with E-state index in [4.69, 9.17) is 18.9 Å². The van der Waals surface area contributed by atoms with Gasteiger partial charge in [0, 0.05) is 5.56 Å². The van der Waals surface area contributed by atoms with Crippen molar-refractivity contribution in [1.29, 1.82) is 0 Å². The minimum atomic E-state index is -0.747. The van der Waals surface area contributed by atoms with E-state index in [1.54, 1.807) is 45.4 Å². The molecule has 0 saturated carbocycles. The Morgan fingerprint density at radius 1 is 1.00 bits per heavy atom. The second-order valence-corrected chi connectivity index (χ2v) is 8.44. The number of ether oxygens (including phenoxy) is 4. The van der Waals surface area contributed by atoms with Crippen LogP contribution in [0, 0.1) is 0 Å². The second kappa shape index (κ2) is 9.56. The Labute approximate surface area is 200 Å². The van der Waals surface area contributed by atoms with Crippen LogP contribution in [0.1, 0.15) is 24.1 Å². The molecule has 0 spiro atoms. The van der Waals surface area contributed by atoms with Gasteiger partial charge in [0.25, 0.3) is 5.56 Å². The molecule has 0 aliphatic carbocycles. The number of nitrogens with zero attached hydrogens (tertiary/aromatic N) is 2. The number of para-hydroxylation sites is 1. The number of methoxy groups -OCH3 is 4. The van der Waals surface area contributed by atoms with E-state index in [2.05, 4.69) is 4.99 Å². The Kier molecular flexibility index (Phi) is 6.56. The lowest BCUT2D eigenvalue weighted by Gasteiger charge is -2.25. The predicted octanol–water partition coefficient (Wildman–Crippen LogP) is 2.43. The summed E-state index contributed by atoms with van der Waals surface area (Å²) in [7, 11) is 5.96. The van der Waals surface area contributed by atoms with E-state index in [0.717, 1.165) is 5.56 Å². The van der Waals surface area contributed by atoms with Gasteiger partial charge in [-0.1, -0.05) is 35.6 Å². The Morgan fingerprint density at radius 2 is 1.71 bits per heavy atom. The summed E-state index contributed by atoms with van der Waals surface area (Å²) in [5.41, 5.74) is 1.92. The van der Waals surface area contributed by atoms with Gasteiger partial charge < -0.3 is 18.9 Å². The number of carbonyl (C=O) groups excluding carboxylic acids is 1. The average Bonchev–Trinajstić information content (AvgIpc) is 3.16. The van der Waals surface area contributed by atoms with E-state index in [-0.39, 0.29) is 11.1 Å². The van der Waals surface area contributed by atoms with E-state index in [9.17, 15) is 9.59 Å². The van der Waals surface area contributed by atoms with Crippen LogP contribution in [0.25, 0.3) is 6.08 Å². The molecule has 0 fully saturated rings. The topological polar surface area (TPSA) is 88.4 Å². The first-order valence-corrected chi connectivity index (χ1v) is 11.2. The fourth-order valence-corrected chi connectivity index (χ4v) is 5.00.